The fourth-order valence-corrected chi connectivity index (χ4v) is 3.17. The Kier molecular flexibility index (Phi) is 4.94. The summed E-state index contributed by atoms with van der Waals surface area (Å²) in [6.45, 7) is 17.9. The van der Waals surface area contributed by atoms with Crippen molar-refractivity contribution in [2.75, 3.05) is 0 Å². The maximum atomic E-state index is 6.45. The summed E-state index contributed by atoms with van der Waals surface area (Å²) in [5.74, 6) is 1.03. The van der Waals surface area contributed by atoms with E-state index in [1.54, 1.807) is 0 Å². The van der Waals surface area contributed by atoms with Crippen molar-refractivity contribution in [3.63, 3.8) is 0 Å². The molecular formula is C21H33O. The second-order valence-corrected chi connectivity index (χ2v) is 8.89. The molecule has 0 amide bonds. The van der Waals surface area contributed by atoms with Gasteiger partial charge < -0.3 is 4.74 Å². The summed E-state index contributed by atoms with van der Waals surface area (Å²) in [6.07, 6.45) is 6.68. The molecule has 1 aromatic rings. The molecule has 0 atom stereocenters. The van der Waals surface area contributed by atoms with Crippen LogP contribution in [0.1, 0.15) is 90.3 Å². The molecule has 0 heterocycles. The molecule has 1 nitrogen and oxygen atoms in total. The van der Waals surface area contributed by atoms with Gasteiger partial charge in [-0.25, -0.2) is 0 Å². The molecule has 0 N–H and O–H groups in total. The van der Waals surface area contributed by atoms with Gasteiger partial charge in [0.05, 0.1) is 6.10 Å². The van der Waals surface area contributed by atoms with Crippen LogP contribution < -0.4 is 4.74 Å². The van der Waals surface area contributed by atoms with Gasteiger partial charge in [-0.1, -0.05) is 60.1 Å². The minimum Gasteiger partial charge on any atom is -0.490 e. The zero-order valence-electron chi connectivity index (χ0n) is 15.4. The third kappa shape index (κ3) is 4.06. The summed E-state index contributed by atoms with van der Waals surface area (Å²) in [5.41, 5.74) is 3.89. The number of hydrogen-bond acceptors (Lipinski definition) is 1. The molecule has 1 aromatic carbocycles. The molecule has 1 saturated carbocycles. The monoisotopic (exact) mass is 301 g/mol. The van der Waals surface area contributed by atoms with Crippen LogP contribution >= 0.6 is 0 Å². The van der Waals surface area contributed by atoms with Crippen LogP contribution in [0.2, 0.25) is 0 Å². The highest BCUT2D eigenvalue weighted by Gasteiger charge is 2.26. The van der Waals surface area contributed by atoms with Gasteiger partial charge in [-0.3, -0.25) is 0 Å². The van der Waals surface area contributed by atoms with Crippen molar-refractivity contribution >= 4 is 0 Å². The van der Waals surface area contributed by atoms with E-state index >= 15 is 0 Å². The minimum absolute atomic E-state index is 0.0672. The SMILES string of the molecule is [CH2]c1cc(C(C)(C)C)cc(C(C)(C)C)c1OC1CCCCC1. The Labute approximate surface area is 137 Å². The van der Waals surface area contributed by atoms with Crippen molar-refractivity contribution in [3.05, 3.63) is 35.7 Å². The third-order valence-electron chi connectivity index (χ3n) is 4.68. The maximum Gasteiger partial charge on any atom is 0.126 e. The van der Waals surface area contributed by atoms with E-state index in [1.807, 2.05) is 0 Å². The molecule has 0 aromatic heterocycles. The van der Waals surface area contributed by atoms with E-state index in [0.717, 1.165) is 11.3 Å². The summed E-state index contributed by atoms with van der Waals surface area (Å²) >= 11 is 0. The molecule has 1 aliphatic carbocycles. The van der Waals surface area contributed by atoms with E-state index in [1.165, 1.54) is 43.2 Å². The Morgan fingerprint density at radius 2 is 1.50 bits per heavy atom. The third-order valence-corrected chi connectivity index (χ3v) is 4.68. The van der Waals surface area contributed by atoms with Gasteiger partial charge in [0.15, 0.2) is 0 Å². The molecule has 0 bridgehead atoms. The second kappa shape index (κ2) is 6.26. The van der Waals surface area contributed by atoms with E-state index in [-0.39, 0.29) is 10.8 Å². The average Bonchev–Trinajstić information content (AvgIpc) is 2.39. The lowest BCUT2D eigenvalue weighted by atomic mass is 9.79. The van der Waals surface area contributed by atoms with Gasteiger partial charge in [0.1, 0.15) is 5.75 Å². The standard InChI is InChI=1S/C21H33O/c1-15-13-16(20(2,3)4)14-18(21(5,6)7)19(15)22-17-11-9-8-10-12-17/h13-14,17H,1,8-12H2,2-7H3. The first-order chi connectivity index (χ1) is 10.1. The maximum absolute atomic E-state index is 6.45. The van der Waals surface area contributed by atoms with Gasteiger partial charge in [0, 0.05) is 5.56 Å². The van der Waals surface area contributed by atoms with Crippen molar-refractivity contribution in [3.8, 4) is 5.75 Å². The van der Waals surface area contributed by atoms with Gasteiger partial charge >= 0.3 is 0 Å². The lowest BCUT2D eigenvalue weighted by Gasteiger charge is -2.31. The lowest BCUT2D eigenvalue weighted by molar-refractivity contribution is 0.151. The number of rotatable bonds is 2. The highest BCUT2D eigenvalue weighted by atomic mass is 16.5. The first-order valence-electron chi connectivity index (χ1n) is 8.76. The predicted octanol–water partition coefficient (Wildman–Crippen LogP) is 6.18. The quantitative estimate of drug-likeness (QED) is 0.634. The topological polar surface area (TPSA) is 9.23 Å². The van der Waals surface area contributed by atoms with Gasteiger partial charge in [-0.15, -0.1) is 0 Å². The van der Waals surface area contributed by atoms with Crippen molar-refractivity contribution in [2.45, 2.75) is 90.6 Å². The van der Waals surface area contributed by atoms with E-state index < -0.39 is 0 Å². The van der Waals surface area contributed by atoms with Crippen LogP contribution in [0.5, 0.6) is 5.75 Å². The fraction of sp³-hybridized carbons (Fsp3) is 0.667. The largest absolute Gasteiger partial charge is 0.490 e. The van der Waals surface area contributed by atoms with E-state index in [4.69, 9.17) is 4.74 Å². The zero-order valence-corrected chi connectivity index (χ0v) is 15.4. The molecule has 1 aliphatic rings. The Hall–Kier alpha value is -0.980. The number of ether oxygens (including phenoxy) is 1. The molecule has 2 rings (SSSR count). The molecule has 22 heavy (non-hydrogen) atoms. The molecule has 1 radical (unpaired) electrons. The van der Waals surface area contributed by atoms with Crippen LogP contribution in [0.25, 0.3) is 0 Å². The molecule has 0 aliphatic heterocycles. The van der Waals surface area contributed by atoms with Gasteiger partial charge in [-0.05, 0) is 54.6 Å². The first-order valence-corrected chi connectivity index (χ1v) is 8.76. The summed E-state index contributed by atoms with van der Waals surface area (Å²) in [5, 5.41) is 0. The Morgan fingerprint density at radius 1 is 0.909 bits per heavy atom. The summed E-state index contributed by atoms with van der Waals surface area (Å²) in [4.78, 5) is 0. The van der Waals surface area contributed by atoms with Gasteiger partial charge in [-0.2, -0.15) is 0 Å². The number of hydrogen-bond donors (Lipinski definition) is 0. The first kappa shape index (κ1) is 17.4. The highest BCUT2D eigenvalue weighted by molar-refractivity contribution is 5.51. The molecule has 0 unspecified atom stereocenters. The Bertz CT molecular complexity index is 508. The van der Waals surface area contributed by atoms with Crippen molar-refractivity contribution < 1.29 is 4.74 Å². The zero-order chi connectivity index (χ0) is 16.5. The summed E-state index contributed by atoms with van der Waals surface area (Å²) in [6, 6.07) is 4.56. The van der Waals surface area contributed by atoms with Crippen LogP contribution in [0, 0.1) is 6.92 Å². The molecule has 123 valence electrons. The van der Waals surface area contributed by atoms with E-state index in [0.29, 0.717) is 6.10 Å². The smallest absolute Gasteiger partial charge is 0.126 e. The van der Waals surface area contributed by atoms with Crippen molar-refractivity contribution in [1.82, 2.24) is 0 Å². The average molecular weight is 301 g/mol. The van der Waals surface area contributed by atoms with Crippen LogP contribution in [0.4, 0.5) is 0 Å². The van der Waals surface area contributed by atoms with E-state index in [2.05, 4.69) is 60.6 Å². The van der Waals surface area contributed by atoms with Gasteiger partial charge in [0.2, 0.25) is 0 Å². The Balaban J connectivity index is 2.43. The molecule has 1 fully saturated rings. The van der Waals surface area contributed by atoms with Gasteiger partial charge in [0.25, 0.3) is 0 Å². The number of benzene rings is 1. The predicted molar refractivity (Wildman–Crippen MR) is 95.8 cm³/mol. The summed E-state index contributed by atoms with van der Waals surface area (Å²) in [7, 11) is 0. The lowest BCUT2D eigenvalue weighted by Crippen LogP contribution is -2.24. The van der Waals surface area contributed by atoms with Crippen molar-refractivity contribution in [2.24, 2.45) is 0 Å². The normalized spacial score (nSPS) is 17.6. The van der Waals surface area contributed by atoms with Crippen LogP contribution in [0.15, 0.2) is 12.1 Å². The van der Waals surface area contributed by atoms with E-state index in [9.17, 15) is 0 Å². The molecule has 0 spiro atoms. The van der Waals surface area contributed by atoms with Crippen LogP contribution in [-0.2, 0) is 10.8 Å². The molecule has 0 saturated heterocycles. The molecular weight excluding hydrogens is 268 g/mol. The van der Waals surface area contributed by atoms with Crippen LogP contribution in [0.3, 0.4) is 0 Å². The fourth-order valence-electron chi connectivity index (χ4n) is 3.17. The summed E-state index contributed by atoms with van der Waals surface area (Å²) < 4.78 is 6.45. The molecule has 1 heteroatoms. The minimum atomic E-state index is 0.0672. The second-order valence-electron chi connectivity index (χ2n) is 8.89. The highest BCUT2D eigenvalue weighted by Crippen LogP contribution is 2.39. The Morgan fingerprint density at radius 3 is 2.00 bits per heavy atom. The van der Waals surface area contributed by atoms with Crippen molar-refractivity contribution in [1.29, 1.82) is 0 Å². The van der Waals surface area contributed by atoms with Crippen LogP contribution in [-0.4, -0.2) is 6.10 Å².